The first-order valence-electron chi connectivity index (χ1n) is 9.45. The first-order chi connectivity index (χ1) is 15.2. The number of fused-ring (bicyclic) bond motifs is 1. The van der Waals surface area contributed by atoms with Crippen molar-refractivity contribution in [2.75, 3.05) is 12.4 Å². The maximum Gasteiger partial charge on any atom is 0.188 e. The molecule has 8 heteroatoms. The number of halogens is 1. The van der Waals surface area contributed by atoms with Crippen LogP contribution in [0.4, 0.5) is 15.3 Å². The average Bonchev–Trinajstić information content (AvgIpc) is 3.28. The molecule has 0 aliphatic carbocycles. The molecule has 1 N–H and O–H groups in total. The van der Waals surface area contributed by atoms with Crippen molar-refractivity contribution in [3.8, 4) is 28.4 Å². The van der Waals surface area contributed by atoms with E-state index in [-0.39, 0.29) is 5.82 Å². The molecule has 0 bridgehead atoms. The van der Waals surface area contributed by atoms with Crippen LogP contribution >= 0.6 is 11.3 Å². The van der Waals surface area contributed by atoms with Crippen LogP contribution in [0.2, 0.25) is 0 Å². The van der Waals surface area contributed by atoms with Crippen molar-refractivity contribution in [2.45, 2.75) is 0 Å². The van der Waals surface area contributed by atoms with Gasteiger partial charge in [-0.15, -0.1) is 11.3 Å². The lowest BCUT2D eigenvalue weighted by molar-refractivity contribution is 0.415. The molecule has 0 unspecified atom stereocenters. The van der Waals surface area contributed by atoms with Crippen molar-refractivity contribution >= 4 is 33.2 Å². The standard InChI is InChI=1S/C23H16FN5OS/c1-30-15-8-9-19-17(11-15)22(28-21(26-19)14-5-4-10-25-12-14)29-23-27-20(13-31-23)16-6-2-3-7-18(16)24/h2-13H,1H3,(H,26,27,28,29). The molecule has 6 nitrogen and oxygen atoms in total. The van der Waals surface area contributed by atoms with Gasteiger partial charge in [-0.1, -0.05) is 12.1 Å². The van der Waals surface area contributed by atoms with Crippen LogP contribution in [0, 0.1) is 5.82 Å². The summed E-state index contributed by atoms with van der Waals surface area (Å²) in [5.41, 5.74) is 2.57. The van der Waals surface area contributed by atoms with Gasteiger partial charge in [-0.3, -0.25) is 4.98 Å². The molecular weight excluding hydrogens is 413 g/mol. The number of ether oxygens (including phenoxy) is 1. The largest absolute Gasteiger partial charge is 0.497 e. The van der Waals surface area contributed by atoms with E-state index in [2.05, 4.69) is 20.3 Å². The Morgan fingerprint density at radius 2 is 1.90 bits per heavy atom. The third-order valence-electron chi connectivity index (χ3n) is 4.70. The number of nitrogens with zero attached hydrogens (tertiary/aromatic N) is 4. The molecule has 0 radical (unpaired) electrons. The van der Waals surface area contributed by atoms with Gasteiger partial charge in [0, 0.05) is 34.3 Å². The second-order valence-corrected chi connectivity index (χ2v) is 7.52. The number of hydrogen-bond donors (Lipinski definition) is 1. The molecule has 0 saturated heterocycles. The number of rotatable bonds is 5. The van der Waals surface area contributed by atoms with E-state index < -0.39 is 0 Å². The second kappa shape index (κ2) is 8.08. The molecular formula is C23H16FN5OS. The van der Waals surface area contributed by atoms with Crippen LogP contribution in [0.25, 0.3) is 33.5 Å². The van der Waals surface area contributed by atoms with E-state index >= 15 is 0 Å². The summed E-state index contributed by atoms with van der Waals surface area (Å²) in [5, 5.41) is 6.47. The van der Waals surface area contributed by atoms with Gasteiger partial charge in [0.25, 0.3) is 0 Å². The van der Waals surface area contributed by atoms with Crippen LogP contribution in [-0.2, 0) is 0 Å². The number of aromatic nitrogens is 4. The van der Waals surface area contributed by atoms with E-state index in [1.54, 1.807) is 37.7 Å². The summed E-state index contributed by atoms with van der Waals surface area (Å²) in [6.07, 6.45) is 3.42. The van der Waals surface area contributed by atoms with E-state index in [1.165, 1.54) is 17.4 Å². The highest BCUT2D eigenvalue weighted by Crippen LogP contribution is 2.32. The zero-order valence-electron chi connectivity index (χ0n) is 16.4. The number of anilines is 2. The van der Waals surface area contributed by atoms with Crippen molar-refractivity contribution in [2.24, 2.45) is 0 Å². The first-order valence-corrected chi connectivity index (χ1v) is 10.3. The summed E-state index contributed by atoms with van der Waals surface area (Å²) in [6.45, 7) is 0. The van der Waals surface area contributed by atoms with Gasteiger partial charge in [0.1, 0.15) is 17.4 Å². The van der Waals surface area contributed by atoms with Crippen LogP contribution < -0.4 is 10.1 Å². The van der Waals surface area contributed by atoms with Gasteiger partial charge in [-0.2, -0.15) is 0 Å². The molecule has 0 spiro atoms. The van der Waals surface area contributed by atoms with Crippen molar-refractivity contribution in [3.05, 3.63) is 78.2 Å². The summed E-state index contributed by atoms with van der Waals surface area (Å²) in [5.74, 6) is 1.51. The normalized spacial score (nSPS) is 10.9. The van der Waals surface area contributed by atoms with Crippen molar-refractivity contribution in [1.82, 2.24) is 19.9 Å². The van der Waals surface area contributed by atoms with E-state index in [1.807, 2.05) is 35.7 Å². The smallest absolute Gasteiger partial charge is 0.188 e. The Labute approximate surface area is 181 Å². The van der Waals surface area contributed by atoms with Crippen LogP contribution in [0.1, 0.15) is 0 Å². The number of thiazole rings is 1. The zero-order chi connectivity index (χ0) is 21.2. The Hall–Kier alpha value is -3.91. The molecule has 0 aliphatic heterocycles. The number of hydrogen-bond acceptors (Lipinski definition) is 7. The average molecular weight is 429 g/mol. The van der Waals surface area contributed by atoms with Gasteiger partial charge in [-0.25, -0.2) is 19.3 Å². The lowest BCUT2D eigenvalue weighted by Crippen LogP contribution is -2.00. The maximum atomic E-state index is 14.1. The highest BCUT2D eigenvalue weighted by atomic mass is 32.1. The molecule has 152 valence electrons. The highest BCUT2D eigenvalue weighted by Gasteiger charge is 2.14. The quantitative estimate of drug-likeness (QED) is 0.386. The Bertz CT molecular complexity index is 1370. The van der Waals surface area contributed by atoms with Gasteiger partial charge in [0.15, 0.2) is 11.0 Å². The molecule has 3 heterocycles. The zero-order valence-corrected chi connectivity index (χ0v) is 17.2. The SMILES string of the molecule is COc1ccc2nc(-c3cccnc3)nc(Nc3nc(-c4ccccc4F)cs3)c2c1. The van der Waals surface area contributed by atoms with Crippen molar-refractivity contribution in [3.63, 3.8) is 0 Å². The molecule has 5 aromatic rings. The van der Waals surface area contributed by atoms with Gasteiger partial charge < -0.3 is 10.1 Å². The van der Waals surface area contributed by atoms with E-state index in [4.69, 9.17) is 9.72 Å². The fraction of sp³-hybridized carbons (Fsp3) is 0.0435. The topological polar surface area (TPSA) is 72.8 Å². The minimum absolute atomic E-state index is 0.310. The number of methoxy groups -OCH3 is 1. The molecule has 3 aromatic heterocycles. The fourth-order valence-electron chi connectivity index (χ4n) is 3.18. The Kier molecular flexibility index (Phi) is 4.97. The van der Waals surface area contributed by atoms with Gasteiger partial charge >= 0.3 is 0 Å². The van der Waals surface area contributed by atoms with Crippen molar-refractivity contribution < 1.29 is 9.13 Å². The summed E-state index contributed by atoms with van der Waals surface area (Å²) >= 11 is 1.38. The van der Waals surface area contributed by atoms with Gasteiger partial charge in [-0.05, 0) is 42.5 Å². The van der Waals surface area contributed by atoms with E-state index in [9.17, 15) is 4.39 Å². The molecule has 0 fully saturated rings. The predicted octanol–water partition coefficient (Wildman–Crippen LogP) is 5.71. The minimum atomic E-state index is -0.310. The lowest BCUT2D eigenvalue weighted by Gasteiger charge is -2.10. The molecule has 0 saturated carbocycles. The number of benzene rings is 2. The molecule has 0 amide bonds. The predicted molar refractivity (Wildman–Crippen MR) is 120 cm³/mol. The maximum absolute atomic E-state index is 14.1. The van der Waals surface area contributed by atoms with Crippen LogP contribution in [-0.4, -0.2) is 27.0 Å². The monoisotopic (exact) mass is 429 g/mol. The summed E-state index contributed by atoms with van der Waals surface area (Å²) in [4.78, 5) is 18.1. The van der Waals surface area contributed by atoms with Crippen LogP contribution in [0.3, 0.4) is 0 Å². The molecule has 31 heavy (non-hydrogen) atoms. The van der Waals surface area contributed by atoms with E-state index in [0.29, 0.717) is 33.8 Å². The number of pyridine rings is 1. The van der Waals surface area contributed by atoms with Gasteiger partial charge in [0.2, 0.25) is 0 Å². The molecule has 0 aliphatic rings. The third kappa shape index (κ3) is 3.80. The van der Waals surface area contributed by atoms with Crippen molar-refractivity contribution in [1.29, 1.82) is 0 Å². The Morgan fingerprint density at radius 3 is 2.71 bits per heavy atom. The fourth-order valence-corrected chi connectivity index (χ4v) is 3.89. The summed E-state index contributed by atoms with van der Waals surface area (Å²) in [7, 11) is 1.61. The highest BCUT2D eigenvalue weighted by molar-refractivity contribution is 7.14. The molecule has 5 rings (SSSR count). The minimum Gasteiger partial charge on any atom is -0.497 e. The van der Waals surface area contributed by atoms with Crippen LogP contribution in [0.15, 0.2) is 72.4 Å². The van der Waals surface area contributed by atoms with Gasteiger partial charge in [0.05, 0.1) is 18.3 Å². The van der Waals surface area contributed by atoms with E-state index in [0.717, 1.165) is 16.5 Å². The molecule has 2 aromatic carbocycles. The second-order valence-electron chi connectivity index (χ2n) is 6.66. The summed E-state index contributed by atoms with van der Waals surface area (Å²) < 4.78 is 19.5. The van der Waals surface area contributed by atoms with Crippen LogP contribution in [0.5, 0.6) is 5.75 Å². The Morgan fingerprint density at radius 1 is 1.00 bits per heavy atom. The first kappa shape index (κ1) is 19.1. The molecule has 0 atom stereocenters. The lowest BCUT2D eigenvalue weighted by atomic mass is 10.2. The third-order valence-corrected chi connectivity index (χ3v) is 5.46. The Balaban J connectivity index is 1.59. The summed E-state index contributed by atoms with van der Waals surface area (Å²) in [6, 6.07) is 15.9. The number of nitrogens with one attached hydrogen (secondary N) is 1.